The number of hydrogen-bond donors (Lipinski definition) is 0. The number of ether oxygens (including phenoxy) is 1. The molecule has 0 aromatic rings. The molecule has 0 amide bonds. The Morgan fingerprint density at radius 2 is 1.70 bits per heavy atom. The van der Waals surface area contributed by atoms with Gasteiger partial charge in [0.2, 0.25) is 0 Å². The standard InChI is InChI=1S/C13H23N4O2.BrH/c18-13(12-2-1-3-19-5-12)4-17-9-14-6-15(10-17)8-16(7-14)11-17;/h12H,1-11H2;1H/q+1;/p-1/t12-;/m1./s1. The van der Waals surface area contributed by atoms with Crippen LogP contribution in [0.1, 0.15) is 12.8 Å². The van der Waals surface area contributed by atoms with Gasteiger partial charge in [-0.05, 0) is 12.8 Å². The van der Waals surface area contributed by atoms with Crippen molar-refractivity contribution in [3.05, 3.63) is 0 Å². The summed E-state index contributed by atoms with van der Waals surface area (Å²) in [7, 11) is 0. The van der Waals surface area contributed by atoms with Crippen molar-refractivity contribution in [2.45, 2.75) is 12.8 Å². The van der Waals surface area contributed by atoms with E-state index in [2.05, 4.69) is 14.7 Å². The van der Waals surface area contributed by atoms with Gasteiger partial charge in [-0.1, -0.05) is 0 Å². The molecular formula is C13H23BrN4O2. The lowest BCUT2D eigenvalue weighted by Crippen LogP contribution is -3.00. The normalized spacial score (nSPS) is 46.0. The zero-order chi connectivity index (χ0) is 12.9. The van der Waals surface area contributed by atoms with Gasteiger partial charge in [0.15, 0.2) is 5.78 Å². The van der Waals surface area contributed by atoms with E-state index in [0.717, 1.165) is 63.9 Å². The molecule has 0 unspecified atom stereocenters. The predicted octanol–water partition coefficient (Wildman–Crippen LogP) is -3.51. The highest BCUT2D eigenvalue weighted by Gasteiger charge is 2.49. The quantitative estimate of drug-likeness (QED) is 0.495. The number of carbonyl (C=O) groups is 1. The Morgan fingerprint density at radius 3 is 2.20 bits per heavy atom. The number of quaternary nitrogens is 1. The van der Waals surface area contributed by atoms with Gasteiger partial charge >= 0.3 is 0 Å². The molecule has 6 nitrogen and oxygen atoms in total. The van der Waals surface area contributed by atoms with Crippen LogP contribution in [0.15, 0.2) is 0 Å². The number of Topliss-reactive ketones (excluding diaryl/α,β-unsaturated/α-hetero) is 1. The van der Waals surface area contributed by atoms with Crippen LogP contribution >= 0.6 is 0 Å². The summed E-state index contributed by atoms with van der Waals surface area (Å²) in [6.07, 6.45) is 2.07. The van der Waals surface area contributed by atoms with Gasteiger partial charge < -0.3 is 21.7 Å². The van der Waals surface area contributed by atoms with Crippen LogP contribution in [0, 0.1) is 5.92 Å². The molecule has 0 N–H and O–H groups in total. The lowest BCUT2D eigenvalue weighted by atomic mass is 9.96. The molecule has 114 valence electrons. The maximum atomic E-state index is 12.5. The fourth-order valence-corrected chi connectivity index (χ4v) is 4.26. The summed E-state index contributed by atoms with van der Waals surface area (Å²) in [6, 6.07) is 0. The monoisotopic (exact) mass is 346 g/mol. The van der Waals surface area contributed by atoms with Crippen LogP contribution in [0.25, 0.3) is 0 Å². The van der Waals surface area contributed by atoms with Crippen molar-refractivity contribution < 1.29 is 31.0 Å². The molecule has 0 spiro atoms. The SMILES string of the molecule is O=C(C[N+]12CN3CN(CN(C3)C1)C2)[C@@H]1CCCOC1.[Br-]. The van der Waals surface area contributed by atoms with Gasteiger partial charge in [0.25, 0.3) is 0 Å². The molecule has 20 heavy (non-hydrogen) atoms. The molecule has 7 heteroatoms. The number of halogens is 1. The Kier molecular flexibility index (Phi) is 4.18. The Morgan fingerprint density at radius 1 is 1.10 bits per heavy atom. The van der Waals surface area contributed by atoms with E-state index in [1.807, 2.05) is 0 Å². The Bertz CT molecular complexity index is 351. The number of hydrogen-bond acceptors (Lipinski definition) is 5. The molecule has 5 aliphatic rings. The summed E-state index contributed by atoms with van der Waals surface area (Å²) in [4.78, 5) is 19.9. The topological polar surface area (TPSA) is 36.0 Å². The van der Waals surface area contributed by atoms with Gasteiger partial charge in [0.1, 0.15) is 26.6 Å². The summed E-state index contributed by atoms with van der Waals surface area (Å²) >= 11 is 0. The fraction of sp³-hybridized carbons (Fsp3) is 0.923. The summed E-state index contributed by atoms with van der Waals surface area (Å²) in [5, 5.41) is 0. The number of carbonyl (C=O) groups excluding carboxylic acids is 1. The molecule has 0 saturated carbocycles. The molecule has 5 saturated heterocycles. The van der Waals surface area contributed by atoms with Gasteiger partial charge in [-0.2, -0.15) is 0 Å². The van der Waals surface area contributed by atoms with Gasteiger partial charge in [0, 0.05) is 12.5 Å². The molecule has 5 heterocycles. The van der Waals surface area contributed by atoms with Crippen LogP contribution in [-0.2, 0) is 9.53 Å². The fourth-order valence-electron chi connectivity index (χ4n) is 4.26. The smallest absolute Gasteiger partial charge is 0.192 e. The third kappa shape index (κ3) is 2.67. The molecular weight excluding hydrogens is 324 g/mol. The first-order valence-electron chi connectivity index (χ1n) is 7.35. The highest BCUT2D eigenvalue weighted by atomic mass is 79.9. The van der Waals surface area contributed by atoms with E-state index in [1.54, 1.807) is 0 Å². The van der Waals surface area contributed by atoms with Crippen molar-refractivity contribution >= 4 is 5.78 Å². The number of nitrogens with zero attached hydrogens (tertiary/aromatic N) is 4. The van der Waals surface area contributed by atoms with E-state index in [-0.39, 0.29) is 22.9 Å². The van der Waals surface area contributed by atoms with Crippen molar-refractivity contribution in [3.63, 3.8) is 0 Å². The second-order valence-corrected chi connectivity index (χ2v) is 6.74. The summed E-state index contributed by atoms with van der Waals surface area (Å²) in [5.74, 6) is 0.574. The first-order chi connectivity index (χ1) is 9.22. The van der Waals surface area contributed by atoms with Crippen LogP contribution in [0.4, 0.5) is 0 Å². The minimum absolute atomic E-state index is 0. The first kappa shape index (κ1) is 14.9. The van der Waals surface area contributed by atoms with E-state index < -0.39 is 0 Å². The molecule has 4 bridgehead atoms. The largest absolute Gasteiger partial charge is 1.00 e. The van der Waals surface area contributed by atoms with E-state index >= 15 is 0 Å². The summed E-state index contributed by atoms with van der Waals surface area (Å²) < 4.78 is 6.39. The van der Waals surface area contributed by atoms with Crippen LogP contribution in [0.2, 0.25) is 0 Å². The minimum atomic E-state index is 0. The molecule has 0 aliphatic carbocycles. The third-order valence-electron chi connectivity index (χ3n) is 4.81. The minimum Gasteiger partial charge on any atom is -1.00 e. The summed E-state index contributed by atoms with van der Waals surface area (Å²) in [5.41, 5.74) is 0. The second kappa shape index (κ2) is 5.62. The molecule has 0 aromatic heterocycles. The van der Waals surface area contributed by atoms with Crippen LogP contribution in [0.5, 0.6) is 0 Å². The Balaban J connectivity index is 0.00000121. The first-order valence-corrected chi connectivity index (χ1v) is 7.35. The predicted molar refractivity (Wildman–Crippen MR) is 68.4 cm³/mol. The van der Waals surface area contributed by atoms with E-state index in [4.69, 9.17) is 4.74 Å². The Labute approximate surface area is 130 Å². The average Bonchev–Trinajstić information content (AvgIpc) is 2.37. The summed E-state index contributed by atoms with van der Waals surface area (Å²) in [6.45, 7) is 8.56. The molecule has 0 aromatic carbocycles. The Hall–Kier alpha value is -0.0500. The van der Waals surface area contributed by atoms with Crippen molar-refractivity contribution in [2.24, 2.45) is 5.92 Å². The van der Waals surface area contributed by atoms with Crippen molar-refractivity contribution in [3.8, 4) is 0 Å². The average molecular weight is 347 g/mol. The maximum Gasteiger partial charge on any atom is 0.192 e. The van der Waals surface area contributed by atoms with Gasteiger partial charge in [0.05, 0.1) is 26.6 Å². The van der Waals surface area contributed by atoms with Crippen LogP contribution in [0.3, 0.4) is 0 Å². The molecule has 5 aliphatic heterocycles. The molecule has 5 fully saturated rings. The van der Waals surface area contributed by atoms with E-state index in [9.17, 15) is 4.79 Å². The highest BCUT2D eigenvalue weighted by molar-refractivity contribution is 5.82. The van der Waals surface area contributed by atoms with Crippen molar-refractivity contribution in [1.29, 1.82) is 0 Å². The van der Waals surface area contributed by atoms with Gasteiger partial charge in [-0.15, -0.1) is 0 Å². The molecule has 1 atom stereocenters. The van der Waals surface area contributed by atoms with Crippen molar-refractivity contribution in [1.82, 2.24) is 14.7 Å². The zero-order valence-electron chi connectivity index (χ0n) is 11.8. The van der Waals surface area contributed by atoms with E-state index in [0.29, 0.717) is 18.9 Å². The number of rotatable bonds is 3. The second-order valence-electron chi connectivity index (χ2n) is 6.74. The zero-order valence-corrected chi connectivity index (χ0v) is 13.4. The number of ketones is 1. The van der Waals surface area contributed by atoms with Crippen LogP contribution < -0.4 is 17.0 Å². The van der Waals surface area contributed by atoms with Crippen molar-refractivity contribution in [2.75, 3.05) is 59.8 Å². The maximum absolute atomic E-state index is 12.5. The van der Waals surface area contributed by atoms with Crippen LogP contribution in [-0.4, -0.2) is 84.7 Å². The molecule has 0 radical (unpaired) electrons. The lowest BCUT2D eigenvalue weighted by Gasteiger charge is -2.60. The highest BCUT2D eigenvalue weighted by Crippen LogP contribution is 2.29. The lowest BCUT2D eigenvalue weighted by molar-refractivity contribution is -0.973. The molecule has 5 rings (SSSR count). The third-order valence-corrected chi connectivity index (χ3v) is 4.81. The van der Waals surface area contributed by atoms with E-state index in [1.165, 1.54) is 0 Å². The van der Waals surface area contributed by atoms with Gasteiger partial charge in [-0.25, -0.2) is 14.7 Å². The van der Waals surface area contributed by atoms with Gasteiger partial charge in [-0.3, -0.25) is 9.28 Å².